The summed E-state index contributed by atoms with van der Waals surface area (Å²) < 4.78 is 22.2. The molecule has 0 aliphatic heterocycles. The first-order valence-electron chi connectivity index (χ1n) is 5.79. The first-order valence-corrected chi connectivity index (χ1v) is 8.84. The van der Waals surface area contributed by atoms with Crippen molar-refractivity contribution in [1.82, 2.24) is 15.0 Å². The molecule has 1 aromatic rings. The van der Waals surface area contributed by atoms with Crippen LogP contribution in [0.1, 0.15) is 6.92 Å². The average molecular weight is 305 g/mol. The van der Waals surface area contributed by atoms with E-state index in [1.54, 1.807) is 4.90 Å². The molecule has 0 bridgehead atoms. The van der Waals surface area contributed by atoms with Crippen molar-refractivity contribution in [3.63, 3.8) is 0 Å². The lowest BCUT2D eigenvalue weighted by atomic mass is 10.7. The maximum Gasteiger partial charge on any atom is 0.230 e. The first kappa shape index (κ1) is 16.0. The van der Waals surface area contributed by atoms with Crippen molar-refractivity contribution in [3.8, 4) is 0 Å². The Morgan fingerprint density at radius 1 is 1.26 bits per heavy atom. The zero-order valence-electron chi connectivity index (χ0n) is 11.5. The van der Waals surface area contributed by atoms with Crippen molar-refractivity contribution in [2.75, 3.05) is 48.6 Å². The quantitative estimate of drug-likeness (QED) is 0.729. The lowest BCUT2D eigenvalue weighted by Crippen LogP contribution is -2.16. The molecule has 0 saturated heterocycles. The molecule has 0 spiro atoms. The van der Waals surface area contributed by atoms with Gasteiger partial charge in [0.2, 0.25) is 11.9 Å². The summed E-state index contributed by atoms with van der Waals surface area (Å²) in [6, 6.07) is 0. The predicted molar refractivity (Wildman–Crippen MR) is 78.8 cm³/mol. The third kappa shape index (κ3) is 6.06. The number of sulfone groups is 1. The highest BCUT2D eigenvalue weighted by molar-refractivity contribution is 8.00. The average Bonchev–Trinajstić information content (AvgIpc) is 2.27. The van der Waals surface area contributed by atoms with E-state index in [2.05, 4.69) is 20.3 Å². The summed E-state index contributed by atoms with van der Waals surface area (Å²) in [5.41, 5.74) is 0. The van der Waals surface area contributed by atoms with Crippen molar-refractivity contribution in [2.45, 2.75) is 12.1 Å². The summed E-state index contributed by atoms with van der Waals surface area (Å²) in [4.78, 5) is 14.5. The Kier molecular flexibility index (Phi) is 5.80. The predicted octanol–water partition coefficient (Wildman–Crippen LogP) is 0.506. The molecule has 0 unspecified atom stereocenters. The van der Waals surface area contributed by atoms with Gasteiger partial charge in [-0.2, -0.15) is 15.0 Å². The van der Waals surface area contributed by atoms with Crippen molar-refractivity contribution in [2.24, 2.45) is 0 Å². The van der Waals surface area contributed by atoms with Gasteiger partial charge in [0.25, 0.3) is 0 Å². The van der Waals surface area contributed by atoms with Crippen LogP contribution in [0.25, 0.3) is 0 Å². The molecule has 9 heteroatoms. The lowest BCUT2D eigenvalue weighted by Gasteiger charge is -2.12. The van der Waals surface area contributed by atoms with Crippen LogP contribution in [0.5, 0.6) is 0 Å². The van der Waals surface area contributed by atoms with E-state index in [1.165, 1.54) is 18.0 Å². The molecular weight excluding hydrogens is 286 g/mol. The number of hydrogen-bond acceptors (Lipinski definition) is 8. The van der Waals surface area contributed by atoms with Crippen LogP contribution >= 0.6 is 11.8 Å². The molecule has 0 fully saturated rings. The van der Waals surface area contributed by atoms with Crippen molar-refractivity contribution in [1.29, 1.82) is 0 Å². The molecule has 1 N–H and O–H groups in total. The Bertz CT molecular complexity index is 519. The van der Waals surface area contributed by atoms with E-state index >= 15 is 0 Å². The van der Waals surface area contributed by atoms with E-state index in [4.69, 9.17) is 0 Å². The number of rotatable bonds is 7. The summed E-state index contributed by atoms with van der Waals surface area (Å²) in [5.74, 6) is 1.59. The van der Waals surface area contributed by atoms with Gasteiger partial charge in [0.1, 0.15) is 9.84 Å². The van der Waals surface area contributed by atoms with Gasteiger partial charge in [-0.1, -0.05) is 11.8 Å². The van der Waals surface area contributed by atoms with Crippen LogP contribution in [0, 0.1) is 0 Å². The van der Waals surface area contributed by atoms with Crippen molar-refractivity contribution in [3.05, 3.63) is 0 Å². The Morgan fingerprint density at radius 3 is 2.47 bits per heavy atom. The minimum absolute atomic E-state index is 0.108. The van der Waals surface area contributed by atoms with E-state index in [0.29, 0.717) is 29.4 Å². The van der Waals surface area contributed by atoms with Crippen molar-refractivity contribution < 1.29 is 8.42 Å². The Morgan fingerprint density at radius 2 is 1.95 bits per heavy atom. The molecule has 0 amide bonds. The second-order valence-corrected chi connectivity index (χ2v) is 7.47. The second-order valence-electron chi connectivity index (χ2n) is 4.14. The molecule has 108 valence electrons. The number of anilines is 2. The van der Waals surface area contributed by atoms with Gasteiger partial charge in [0.15, 0.2) is 5.16 Å². The van der Waals surface area contributed by atoms with Gasteiger partial charge in [-0.15, -0.1) is 0 Å². The van der Waals surface area contributed by atoms with Crippen LogP contribution in [0.4, 0.5) is 11.9 Å². The maximum atomic E-state index is 11.1. The normalized spacial score (nSPS) is 11.4. The molecule has 0 radical (unpaired) electrons. The zero-order valence-corrected chi connectivity index (χ0v) is 13.2. The lowest BCUT2D eigenvalue weighted by molar-refractivity contribution is 0.603. The van der Waals surface area contributed by atoms with E-state index in [1.807, 2.05) is 21.0 Å². The summed E-state index contributed by atoms with van der Waals surface area (Å²) in [6.45, 7) is 2.67. The fourth-order valence-electron chi connectivity index (χ4n) is 1.13. The first-order chi connectivity index (χ1) is 8.81. The highest BCUT2D eigenvalue weighted by Crippen LogP contribution is 2.17. The van der Waals surface area contributed by atoms with Crippen LogP contribution < -0.4 is 10.2 Å². The molecule has 1 heterocycles. The van der Waals surface area contributed by atoms with Crippen LogP contribution in [0.2, 0.25) is 0 Å². The number of aromatic nitrogens is 3. The Hall–Kier alpha value is -1.09. The van der Waals surface area contributed by atoms with Gasteiger partial charge >= 0.3 is 0 Å². The van der Waals surface area contributed by atoms with E-state index < -0.39 is 9.84 Å². The van der Waals surface area contributed by atoms with Gasteiger partial charge in [0, 0.05) is 32.6 Å². The summed E-state index contributed by atoms with van der Waals surface area (Å²) in [7, 11) is 0.727. The standard InChI is InChI=1S/C10H19N5O2S2/c1-5-11-8-12-9(15(2)3)14-10(13-8)18-6-7-19(4,16)17/h5-7H2,1-4H3,(H,11,12,13,14). The number of thioether (sulfide) groups is 1. The largest absolute Gasteiger partial charge is 0.354 e. The fourth-order valence-corrected chi connectivity index (χ4v) is 3.16. The van der Waals surface area contributed by atoms with Gasteiger partial charge in [-0.25, -0.2) is 8.42 Å². The number of nitrogens with one attached hydrogen (secondary N) is 1. The SMILES string of the molecule is CCNc1nc(SCCS(C)(=O)=O)nc(N(C)C)n1. The molecule has 1 aromatic heterocycles. The van der Waals surface area contributed by atoms with Gasteiger partial charge < -0.3 is 10.2 Å². The van der Waals surface area contributed by atoms with E-state index in [-0.39, 0.29) is 5.75 Å². The minimum Gasteiger partial charge on any atom is -0.354 e. The highest BCUT2D eigenvalue weighted by atomic mass is 32.2. The van der Waals surface area contributed by atoms with Crippen molar-refractivity contribution >= 4 is 33.5 Å². The number of nitrogens with zero attached hydrogens (tertiary/aromatic N) is 4. The third-order valence-corrected chi connectivity index (χ3v) is 4.08. The monoisotopic (exact) mass is 305 g/mol. The van der Waals surface area contributed by atoms with E-state index in [0.717, 1.165) is 0 Å². The molecule has 0 saturated carbocycles. The molecular formula is C10H19N5O2S2. The third-order valence-electron chi connectivity index (χ3n) is 2.02. The van der Waals surface area contributed by atoms with Gasteiger partial charge in [-0.05, 0) is 6.92 Å². The Labute approximate surface area is 118 Å². The molecule has 0 aliphatic rings. The van der Waals surface area contributed by atoms with E-state index in [9.17, 15) is 8.42 Å². The second kappa shape index (κ2) is 6.90. The number of hydrogen-bond donors (Lipinski definition) is 1. The molecule has 0 aromatic carbocycles. The van der Waals surface area contributed by atoms with Gasteiger partial charge in [0.05, 0.1) is 5.75 Å². The Balaban J connectivity index is 2.81. The molecule has 1 rings (SSSR count). The van der Waals surface area contributed by atoms with Crippen LogP contribution in [-0.4, -0.2) is 61.8 Å². The van der Waals surface area contributed by atoms with Crippen LogP contribution in [0.15, 0.2) is 5.16 Å². The summed E-state index contributed by atoms with van der Waals surface area (Å²) in [6.07, 6.45) is 1.22. The fraction of sp³-hybridized carbons (Fsp3) is 0.700. The van der Waals surface area contributed by atoms with Crippen LogP contribution in [0.3, 0.4) is 0 Å². The molecule has 7 nitrogen and oxygen atoms in total. The van der Waals surface area contributed by atoms with Gasteiger partial charge in [-0.3, -0.25) is 0 Å². The smallest absolute Gasteiger partial charge is 0.230 e. The molecule has 19 heavy (non-hydrogen) atoms. The summed E-state index contributed by atoms with van der Waals surface area (Å²) in [5, 5.41) is 3.56. The zero-order chi connectivity index (χ0) is 14.5. The minimum atomic E-state index is -2.96. The molecule has 0 aliphatic carbocycles. The maximum absolute atomic E-state index is 11.1. The molecule has 0 atom stereocenters. The summed E-state index contributed by atoms with van der Waals surface area (Å²) >= 11 is 1.31. The topological polar surface area (TPSA) is 88.1 Å². The highest BCUT2D eigenvalue weighted by Gasteiger charge is 2.09. The van der Waals surface area contributed by atoms with Crippen LogP contribution in [-0.2, 0) is 9.84 Å².